The van der Waals surface area contributed by atoms with Gasteiger partial charge in [0, 0.05) is 6.92 Å². The van der Waals surface area contributed by atoms with E-state index in [-0.39, 0.29) is 10.9 Å². The highest BCUT2D eigenvalue weighted by Crippen LogP contribution is 2.23. The molecule has 1 saturated heterocycles. The summed E-state index contributed by atoms with van der Waals surface area (Å²) in [7, 11) is 1.22. The molecule has 6 nitrogen and oxygen atoms in total. The molecule has 98 valence electrons. The fourth-order valence-corrected chi connectivity index (χ4v) is 2.00. The number of hydrogen-bond acceptors (Lipinski definition) is 5. The summed E-state index contributed by atoms with van der Waals surface area (Å²) in [6.07, 6.45) is 0. The number of esters is 1. The summed E-state index contributed by atoms with van der Waals surface area (Å²) in [5, 5.41) is 2.41. The number of likely N-dealkylation sites (tertiary alicyclic amines) is 1. The molecule has 0 aromatic rings. The van der Waals surface area contributed by atoms with E-state index in [4.69, 9.17) is 12.2 Å². The number of carbonyl (C=O) groups excluding carboxylic acids is 3. The van der Waals surface area contributed by atoms with Crippen LogP contribution in [0.1, 0.15) is 13.8 Å². The van der Waals surface area contributed by atoms with E-state index in [9.17, 15) is 14.4 Å². The average Bonchev–Trinajstić information content (AvgIpc) is 2.30. The third-order valence-corrected chi connectivity index (χ3v) is 2.90. The summed E-state index contributed by atoms with van der Waals surface area (Å²) in [6, 6.07) is -1.77. The number of nitrogens with zero attached hydrogens (tertiary/aromatic N) is 1. The molecule has 1 aliphatic heterocycles. The predicted molar refractivity (Wildman–Crippen MR) is 67.7 cm³/mol. The van der Waals surface area contributed by atoms with Crippen molar-refractivity contribution < 1.29 is 19.1 Å². The second kappa shape index (κ2) is 5.26. The minimum absolute atomic E-state index is 0.189. The van der Waals surface area contributed by atoms with Crippen LogP contribution in [0.5, 0.6) is 0 Å². The molecule has 0 aromatic heterocycles. The quantitative estimate of drug-likeness (QED) is 0.331. The van der Waals surface area contributed by atoms with Crippen LogP contribution in [-0.4, -0.2) is 46.9 Å². The summed E-state index contributed by atoms with van der Waals surface area (Å²) in [5.74, 6) is -1.41. The fraction of sp³-hybridized carbons (Fsp3) is 0.455. The number of ether oxygens (including phenoxy) is 1. The monoisotopic (exact) mass is 270 g/mol. The van der Waals surface area contributed by atoms with Crippen molar-refractivity contribution in [2.45, 2.75) is 25.9 Å². The van der Waals surface area contributed by atoms with Crippen LogP contribution in [0.4, 0.5) is 0 Å². The molecular weight excluding hydrogens is 256 g/mol. The first kappa shape index (κ1) is 14.3. The molecule has 1 heterocycles. The number of β-lactam (4-membered cyclic amide) rings is 1. The van der Waals surface area contributed by atoms with Crippen LogP contribution >= 0.6 is 12.2 Å². The Bertz CT molecular complexity index is 430. The first-order valence-electron chi connectivity index (χ1n) is 5.18. The Morgan fingerprint density at radius 3 is 2.39 bits per heavy atom. The van der Waals surface area contributed by atoms with Crippen molar-refractivity contribution in [2.24, 2.45) is 0 Å². The fourth-order valence-electron chi connectivity index (χ4n) is 1.65. The molecule has 1 N–H and O–H groups in total. The topological polar surface area (TPSA) is 75.7 Å². The number of amides is 2. The lowest BCUT2D eigenvalue weighted by molar-refractivity contribution is -0.150. The first-order valence-corrected chi connectivity index (χ1v) is 5.59. The van der Waals surface area contributed by atoms with Crippen LogP contribution in [0.15, 0.2) is 12.2 Å². The minimum atomic E-state index is -0.931. The Kier molecular flexibility index (Phi) is 4.18. The van der Waals surface area contributed by atoms with Crippen molar-refractivity contribution >= 4 is 35.0 Å². The number of carbonyl (C=O) groups is 3. The van der Waals surface area contributed by atoms with Gasteiger partial charge < -0.3 is 10.1 Å². The van der Waals surface area contributed by atoms with Gasteiger partial charge in [0.1, 0.15) is 4.99 Å². The minimum Gasteiger partial charge on any atom is -0.467 e. The Morgan fingerprint density at radius 1 is 1.50 bits per heavy atom. The normalized spacial score (nSPS) is 19.9. The zero-order chi connectivity index (χ0) is 14.0. The van der Waals surface area contributed by atoms with Gasteiger partial charge in [-0.25, -0.2) is 4.79 Å². The first-order chi connectivity index (χ1) is 8.31. The molecule has 7 heteroatoms. The largest absolute Gasteiger partial charge is 0.467 e. The maximum Gasteiger partial charge on any atom is 0.333 e. The van der Waals surface area contributed by atoms with Crippen LogP contribution in [0, 0.1) is 0 Å². The molecule has 0 aliphatic carbocycles. The van der Waals surface area contributed by atoms with Gasteiger partial charge in [-0.2, -0.15) is 0 Å². The third kappa shape index (κ3) is 2.40. The van der Waals surface area contributed by atoms with Crippen molar-refractivity contribution in [1.29, 1.82) is 0 Å². The van der Waals surface area contributed by atoms with E-state index in [1.165, 1.54) is 14.0 Å². The van der Waals surface area contributed by atoms with Crippen molar-refractivity contribution in [3.63, 3.8) is 0 Å². The van der Waals surface area contributed by atoms with E-state index < -0.39 is 24.0 Å². The van der Waals surface area contributed by atoms with Gasteiger partial charge in [-0.3, -0.25) is 14.5 Å². The Balaban J connectivity index is 2.89. The number of hydrogen-bond donors (Lipinski definition) is 1. The van der Waals surface area contributed by atoms with Gasteiger partial charge >= 0.3 is 5.97 Å². The summed E-state index contributed by atoms with van der Waals surface area (Å²) < 4.78 is 4.60. The van der Waals surface area contributed by atoms with E-state index in [0.717, 1.165) is 4.90 Å². The molecule has 1 rings (SSSR count). The molecule has 0 bridgehead atoms. The average molecular weight is 270 g/mol. The molecule has 2 unspecified atom stereocenters. The van der Waals surface area contributed by atoms with Gasteiger partial charge in [0.15, 0.2) is 12.1 Å². The lowest BCUT2D eigenvalue weighted by Gasteiger charge is -2.42. The number of nitrogens with one attached hydrogen (secondary N) is 1. The summed E-state index contributed by atoms with van der Waals surface area (Å²) in [6.45, 7) is 6.53. The van der Waals surface area contributed by atoms with Crippen molar-refractivity contribution in [3.8, 4) is 0 Å². The highest BCUT2D eigenvalue weighted by Gasteiger charge is 2.49. The van der Waals surface area contributed by atoms with Crippen LogP contribution in [0.25, 0.3) is 0 Å². The van der Waals surface area contributed by atoms with Gasteiger partial charge in [-0.05, 0) is 12.5 Å². The van der Waals surface area contributed by atoms with Crippen LogP contribution in [0.3, 0.4) is 0 Å². The second-order valence-corrected chi connectivity index (χ2v) is 4.37. The molecule has 18 heavy (non-hydrogen) atoms. The summed E-state index contributed by atoms with van der Waals surface area (Å²) in [4.78, 5) is 35.6. The van der Waals surface area contributed by atoms with Crippen molar-refractivity contribution in [3.05, 3.63) is 12.2 Å². The standard InChI is InChI=1S/C11H14N2O4S/c1-5(2)8(11(16)17-4)13-9(15)7(10(13)18)12-6(3)14/h7-8H,1H2,2-4H3,(H,12,14). The molecule has 0 saturated carbocycles. The Morgan fingerprint density at radius 2 is 2.06 bits per heavy atom. The predicted octanol–water partition coefficient (Wildman–Crippen LogP) is -0.222. The second-order valence-electron chi connectivity index (χ2n) is 3.95. The maximum atomic E-state index is 11.8. The molecule has 2 atom stereocenters. The lowest BCUT2D eigenvalue weighted by Crippen LogP contribution is -2.71. The van der Waals surface area contributed by atoms with E-state index in [2.05, 4.69) is 16.6 Å². The van der Waals surface area contributed by atoms with Gasteiger partial charge in [0.2, 0.25) is 5.91 Å². The van der Waals surface area contributed by atoms with Crippen molar-refractivity contribution in [1.82, 2.24) is 10.2 Å². The highest BCUT2D eigenvalue weighted by atomic mass is 32.1. The molecule has 0 aromatic carbocycles. The molecule has 0 spiro atoms. The van der Waals surface area contributed by atoms with Crippen LogP contribution in [0.2, 0.25) is 0 Å². The SMILES string of the molecule is C=C(C)C(C(=O)OC)N1C(=O)C(NC(C)=O)C1=S. The van der Waals surface area contributed by atoms with E-state index in [1.54, 1.807) is 6.92 Å². The Labute approximate surface area is 110 Å². The maximum absolute atomic E-state index is 11.8. The van der Waals surface area contributed by atoms with E-state index >= 15 is 0 Å². The molecule has 1 aliphatic rings. The van der Waals surface area contributed by atoms with Gasteiger partial charge in [-0.1, -0.05) is 18.8 Å². The molecule has 2 amide bonds. The molecule has 0 radical (unpaired) electrons. The number of rotatable bonds is 4. The van der Waals surface area contributed by atoms with Gasteiger partial charge in [-0.15, -0.1) is 0 Å². The van der Waals surface area contributed by atoms with E-state index in [1.807, 2.05) is 0 Å². The number of methoxy groups -OCH3 is 1. The van der Waals surface area contributed by atoms with Gasteiger partial charge in [0.25, 0.3) is 5.91 Å². The smallest absolute Gasteiger partial charge is 0.333 e. The van der Waals surface area contributed by atoms with Gasteiger partial charge in [0.05, 0.1) is 7.11 Å². The zero-order valence-electron chi connectivity index (χ0n) is 10.4. The van der Waals surface area contributed by atoms with Crippen molar-refractivity contribution in [2.75, 3.05) is 7.11 Å². The summed E-state index contributed by atoms with van der Waals surface area (Å²) in [5.41, 5.74) is 0.443. The van der Waals surface area contributed by atoms with Crippen LogP contribution < -0.4 is 5.32 Å². The zero-order valence-corrected chi connectivity index (χ0v) is 11.2. The third-order valence-electron chi connectivity index (χ3n) is 2.47. The molecular formula is C11H14N2O4S. The van der Waals surface area contributed by atoms with E-state index in [0.29, 0.717) is 5.57 Å². The summed E-state index contributed by atoms with van der Waals surface area (Å²) >= 11 is 5.03. The van der Waals surface area contributed by atoms with Crippen LogP contribution in [-0.2, 0) is 19.1 Å². The molecule has 1 fully saturated rings. The Hall–Kier alpha value is -1.76. The highest BCUT2D eigenvalue weighted by molar-refractivity contribution is 7.80. The number of thiocarbonyl (C=S) groups is 1. The lowest BCUT2D eigenvalue weighted by atomic mass is 9.99.